The molecule has 0 radical (unpaired) electrons. The minimum atomic E-state index is -3.21. The van der Waals surface area contributed by atoms with Crippen molar-refractivity contribution >= 4 is 27.3 Å². The Morgan fingerprint density at radius 1 is 1.61 bits per heavy atom. The van der Waals surface area contributed by atoms with Gasteiger partial charge >= 0.3 is 0 Å². The summed E-state index contributed by atoms with van der Waals surface area (Å²) in [6.07, 6.45) is 3.85. The van der Waals surface area contributed by atoms with Gasteiger partial charge in [0.25, 0.3) is 0 Å². The van der Waals surface area contributed by atoms with Crippen LogP contribution in [0.4, 0.5) is 5.69 Å². The second-order valence-electron chi connectivity index (χ2n) is 4.23. The third-order valence-electron chi connectivity index (χ3n) is 3.02. The van der Waals surface area contributed by atoms with Crippen LogP contribution in [0.1, 0.15) is 13.3 Å². The minimum Gasteiger partial charge on any atom is -0.369 e. The lowest BCUT2D eigenvalue weighted by molar-refractivity contribution is 0.571. The molecule has 1 aromatic rings. The van der Waals surface area contributed by atoms with Gasteiger partial charge in [0.05, 0.1) is 16.0 Å². The lowest BCUT2D eigenvalue weighted by atomic mass is 10.4. The first-order valence-corrected chi connectivity index (χ1v) is 7.80. The van der Waals surface area contributed by atoms with Gasteiger partial charge in [-0.3, -0.25) is 4.98 Å². The van der Waals surface area contributed by atoms with Crippen molar-refractivity contribution in [1.82, 2.24) is 9.71 Å². The predicted molar refractivity (Wildman–Crippen MR) is 72.5 cm³/mol. The fourth-order valence-corrected chi connectivity index (χ4v) is 3.81. The third kappa shape index (κ3) is 2.76. The largest absolute Gasteiger partial charge is 0.369 e. The van der Waals surface area contributed by atoms with E-state index < -0.39 is 10.0 Å². The van der Waals surface area contributed by atoms with Gasteiger partial charge in [-0.25, -0.2) is 13.1 Å². The van der Waals surface area contributed by atoms with Gasteiger partial charge in [-0.2, -0.15) is 0 Å². The summed E-state index contributed by atoms with van der Waals surface area (Å²) >= 11 is 6.06. The summed E-state index contributed by atoms with van der Waals surface area (Å²) in [5, 5.41) is 0.181. The zero-order valence-electron chi connectivity index (χ0n) is 10.1. The van der Waals surface area contributed by atoms with E-state index in [1.807, 2.05) is 11.0 Å². The predicted octanol–water partition coefficient (Wildman–Crippen LogP) is 1.25. The van der Waals surface area contributed by atoms with Gasteiger partial charge in [0, 0.05) is 32.0 Å². The highest BCUT2D eigenvalue weighted by Gasteiger charge is 2.33. The molecule has 1 aliphatic heterocycles. The summed E-state index contributed by atoms with van der Waals surface area (Å²) in [5.74, 6) is 0. The Labute approximate surface area is 112 Å². The fraction of sp³-hybridized carbons (Fsp3) is 0.545. The van der Waals surface area contributed by atoms with Crippen molar-refractivity contribution in [2.45, 2.75) is 18.6 Å². The first-order valence-electron chi connectivity index (χ1n) is 5.87. The number of anilines is 1. The Morgan fingerprint density at radius 3 is 3.06 bits per heavy atom. The lowest BCUT2D eigenvalue weighted by Gasteiger charge is -2.19. The normalized spacial score (nSPS) is 20.3. The Hall–Kier alpha value is -0.850. The number of sulfonamides is 1. The molecule has 0 spiro atoms. The minimum absolute atomic E-state index is 0.373. The molecule has 100 valence electrons. The molecule has 0 bridgehead atoms. The number of nitrogens with zero attached hydrogens (tertiary/aromatic N) is 2. The topological polar surface area (TPSA) is 62.3 Å². The highest BCUT2D eigenvalue weighted by Crippen LogP contribution is 2.29. The van der Waals surface area contributed by atoms with Crippen molar-refractivity contribution in [3.8, 4) is 0 Å². The van der Waals surface area contributed by atoms with E-state index in [2.05, 4.69) is 9.71 Å². The molecule has 0 aromatic carbocycles. The molecule has 2 heterocycles. The molecule has 0 saturated carbocycles. The van der Waals surface area contributed by atoms with Crippen molar-refractivity contribution < 1.29 is 8.42 Å². The van der Waals surface area contributed by atoms with Crippen LogP contribution in [0.15, 0.2) is 18.5 Å². The summed E-state index contributed by atoms with van der Waals surface area (Å²) in [5.41, 5.74) is 0.848. The fourth-order valence-electron chi connectivity index (χ4n) is 2.14. The van der Waals surface area contributed by atoms with Gasteiger partial charge < -0.3 is 4.90 Å². The molecule has 1 aromatic heterocycles. The molecular formula is C11H16ClN3O2S. The number of halogens is 1. The van der Waals surface area contributed by atoms with Gasteiger partial charge in [-0.1, -0.05) is 18.5 Å². The molecule has 1 atom stereocenters. The molecular weight excluding hydrogens is 274 g/mol. The van der Waals surface area contributed by atoms with E-state index in [4.69, 9.17) is 11.6 Å². The molecule has 1 saturated heterocycles. The van der Waals surface area contributed by atoms with E-state index in [1.165, 1.54) is 0 Å². The molecule has 1 fully saturated rings. The average Bonchev–Trinajstić information content (AvgIpc) is 2.79. The van der Waals surface area contributed by atoms with Crippen molar-refractivity contribution in [2.24, 2.45) is 0 Å². The summed E-state index contributed by atoms with van der Waals surface area (Å²) in [4.78, 5) is 5.91. The van der Waals surface area contributed by atoms with E-state index in [-0.39, 0.29) is 5.25 Å². The Kier molecular flexibility index (Phi) is 4.09. The molecule has 7 heteroatoms. The first kappa shape index (κ1) is 13.6. The Morgan fingerprint density at radius 2 is 2.39 bits per heavy atom. The van der Waals surface area contributed by atoms with Gasteiger partial charge in [-0.05, 0) is 12.5 Å². The van der Waals surface area contributed by atoms with Gasteiger partial charge in [0.1, 0.15) is 0 Å². The number of hydrogen-bond donors (Lipinski definition) is 1. The van der Waals surface area contributed by atoms with Crippen molar-refractivity contribution in [2.75, 3.05) is 24.5 Å². The number of pyridine rings is 1. The number of nitrogens with one attached hydrogen (secondary N) is 1. The zero-order valence-corrected chi connectivity index (χ0v) is 11.7. The summed E-state index contributed by atoms with van der Waals surface area (Å²) in [6, 6.07) is 1.81. The maximum Gasteiger partial charge on any atom is 0.216 e. The summed E-state index contributed by atoms with van der Waals surface area (Å²) < 4.78 is 26.4. The molecule has 0 aliphatic carbocycles. The lowest BCUT2D eigenvalue weighted by Crippen LogP contribution is -2.36. The smallest absolute Gasteiger partial charge is 0.216 e. The average molecular weight is 290 g/mol. The van der Waals surface area contributed by atoms with Crippen molar-refractivity contribution in [3.05, 3.63) is 23.5 Å². The van der Waals surface area contributed by atoms with Gasteiger partial charge in [0.2, 0.25) is 10.0 Å². The highest BCUT2D eigenvalue weighted by atomic mass is 35.5. The zero-order chi connectivity index (χ0) is 13.2. The van der Waals surface area contributed by atoms with Crippen LogP contribution in [-0.4, -0.2) is 38.3 Å². The Bertz CT molecular complexity index is 521. The molecule has 18 heavy (non-hydrogen) atoms. The van der Waals surface area contributed by atoms with Crippen molar-refractivity contribution in [1.29, 1.82) is 0 Å². The second-order valence-corrected chi connectivity index (χ2v) is 6.68. The number of rotatable bonds is 4. The van der Waals surface area contributed by atoms with Crippen LogP contribution in [0, 0.1) is 0 Å². The van der Waals surface area contributed by atoms with E-state index in [1.54, 1.807) is 19.3 Å². The highest BCUT2D eigenvalue weighted by molar-refractivity contribution is 7.90. The number of aromatic nitrogens is 1. The molecule has 0 unspecified atom stereocenters. The monoisotopic (exact) mass is 289 g/mol. The summed E-state index contributed by atoms with van der Waals surface area (Å²) in [7, 11) is -3.21. The molecule has 1 aliphatic rings. The maximum atomic E-state index is 11.9. The maximum absolute atomic E-state index is 11.9. The molecule has 1 N–H and O–H groups in total. The quantitative estimate of drug-likeness (QED) is 0.906. The van der Waals surface area contributed by atoms with E-state index in [0.29, 0.717) is 31.1 Å². The van der Waals surface area contributed by atoms with Crippen LogP contribution in [0.2, 0.25) is 5.02 Å². The van der Waals surface area contributed by atoms with E-state index in [0.717, 1.165) is 5.69 Å². The summed E-state index contributed by atoms with van der Waals surface area (Å²) in [6.45, 7) is 3.37. The van der Waals surface area contributed by atoms with Crippen LogP contribution < -0.4 is 9.62 Å². The van der Waals surface area contributed by atoms with E-state index >= 15 is 0 Å². The van der Waals surface area contributed by atoms with Gasteiger partial charge in [0.15, 0.2) is 0 Å². The molecule has 2 rings (SSSR count). The molecule has 0 amide bonds. The van der Waals surface area contributed by atoms with Crippen LogP contribution in [0.3, 0.4) is 0 Å². The second kappa shape index (κ2) is 5.42. The van der Waals surface area contributed by atoms with E-state index in [9.17, 15) is 8.42 Å². The Balaban J connectivity index is 2.12. The van der Waals surface area contributed by atoms with Crippen LogP contribution in [0.5, 0.6) is 0 Å². The SMILES string of the molecule is CCNS(=O)(=O)[C@H]1CCN(c2ccncc2Cl)C1. The van der Waals surface area contributed by atoms with Crippen molar-refractivity contribution in [3.63, 3.8) is 0 Å². The van der Waals surface area contributed by atoms with Crippen LogP contribution in [-0.2, 0) is 10.0 Å². The van der Waals surface area contributed by atoms with Crippen LogP contribution >= 0.6 is 11.6 Å². The number of hydrogen-bond acceptors (Lipinski definition) is 4. The molecule has 5 nitrogen and oxygen atoms in total. The van der Waals surface area contributed by atoms with Gasteiger partial charge in [-0.15, -0.1) is 0 Å². The first-order chi connectivity index (χ1) is 8.54. The standard InChI is InChI=1S/C11H16ClN3O2S/c1-2-14-18(16,17)9-4-6-15(8-9)11-3-5-13-7-10(11)12/h3,5,7,9,14H,2,4,6,8H2,1H3/t9-/m0/s1. The van der Waals surface area contributed by atoms with Crippen LogP contribution in [0.25, 0.3) is 0 Å². The third-order valence-corrected chi connectivity index (χ3v) is 5.27.